The Morgan fingerprint density at radius 3 is 2.06 bits per heavy atom. The summed E-state index contributed by atoms with van der Waals surface area (Å²) in [5.41, 5.74) is 8.73. The summed E-state index contributed by atoms with van der Waals surface area (Å²) in [6, 6.07) is 9.23. The van der Waals surface area contributed by atoms with E-state index in [1.807, 2.05) is 26.0 Å². The molecule has 1 heterocycles. The first-order valence-electron chi connectivity index (χ1n) is 11.6. The molecule has 35 heavy (non-hydrogen) atoms. The van der Waals surface area contributed by atoms with E-state index < -0.39 is 21.7 Å². The van der Waals surface area contributed by atoms with E-state index in [1.165, 1.54) is 24.3 Å². The van der Waals surface area contributed by atoms with Crippen LogP contribution in [0.1, 0.15) is 66.5 Å². The van der Waals surface area contributed by atoms with Crippen molar-refractivity contribution >= 4 is 28.5 Å². The van der Waals surface area contributed by atoms with E-state index in [2.05, 4.69) is 31.6 Å². The molecule has 9 nitrogen and oxygen atoms in total. The summed E-state index contributed by atoms with van der Waals surface area (Å²) in [5.74, 6) is -0.894. The number of non-ortho nitro benzene ring substituents is 1. The molecule has 1 fully saturated rings. The molecule has 2 atom stereocenters. The molecule has 180 valence electrons. The highest BCUT2D eigenvalue weighted by molar-refractivity contribution is 5.98. The van der Waals surface area contributed by atoms with E-state index in [1.54, 1.807) is 0 Å². The number of carbonyl (C=O) groups is 2. The maximum absolute atomic E-state index is 13.8. The van der Waals surface area contributed by atoms with Gasteiger partial charge in [-0.05, 0) is 67.5 Å². The summed E-state index contributed by atoms with van der Waals surface area (Å²) in [5, 5.41) is 10.9. The number of carbonyl (C=O) groups excluding carboxylic acids is 2. The number of fused-ring (bicyclic) bond motifs is 6. The number of hydrogen-bond acceptors (Lipinski definition) is 6. The zero-order valence-electron chi connectivity index (χ0n) is 20.4. The summed E-state index contributed by atoms with van der Waals surface area (Å²) >= 11 is 0. The van der Waals surface area contributed by atoms with Crippen molar-refractivity contribution in [3.63, 3.8) is 0 Å². The maximum atomic E-state index is 13.8. The Labute approximate surface area is 202 Å². The minimum absolute atomic E-state index is 0.116. The number of nitro groups is 1. The highest BCUT2D eigenvalue weighted by atomic mass is 16.6. The number of hydrazine groups is 1. The number of aryl methyl sites for hydroxylation is 2. The Hall–Kier alpha value is -3.88. The van der Waals surface area contributed by atoms with Crippen LogP contribution in [0.5, 0.6) is 0 Å². The average molecular weight is 474 g/mol. The highest BCUT2D eigenvalue weighted by Gasteiger charge is 2.73. The number of aromatic nitrogens is 2. The molecule has 2 unspecified atom stereocenters. The lowest BCUT2D eigenvalue weighted by atomic mass is 9.63. The number of hydrogen-bond donors (Lipinski definition) is 2. The van der Waals surface area contributed by atoms with Gasteiger partial charge in [0.1, 0.15) is 5.41 Å². The zero-order chi connectivity index (χ0) is 25.3. The van der Waals surface area contributed by atoms with Gasteiger partial charge in [-0.25, -0.2) is 9.97 Å². The normalized spacial score (nSPS) is 23.7. The highest BCUT2D eigenvalue weighted by Crippen LogP contribution is 2.70. The van der Waals surface area contributed by atoms with Crippen molar-refractivity contribution in [2.24, 2.45) is 5.41 Å². The lowest BCUT2D eigenvalue weighted by molar-refractivity contribution is -0.384. The van der Waals surface area contributed by atoms with Crippen LogP contribution in [0.3, 0.4) is 0 Å². The van der Waals surface area contributed by atoms with Crippen LogP contribution < -0.4 is 10.9 Å². The molecule has 2 bridgehead atoms. The monoisotopic (exact) mass is 473 g/mol. The minimum atomic E-state index is -0.959. The van der Waals surface area contributed by atoms with E-state index in [0.717, 1.165) is 34.3 Å². The minimum Gasteiger partial charge on any atom is -0.272 e. The lowest BCUT2D eigenvalue weighted by Gasteiger charge is -2.39. The van der Waals surface area contributed by atoms with Crippen molar-refractivity contribution in [2.45, 2.75) is 58.3 Å². The van der Waals surface area contributed by atoms with Gasteiger partial charge in [-0.15, -0.1) is 0 Å². The fourth-order valence-corrected chi connectivity index (χ4v) is 5.89. The molecule has 3 aromatic rings. The zero-order valence-corrected chi connectivity index (χ0v) is 20.4. The first-order valence-corrected chi connectivity index (χ1v) is 11.6. The van der Waals surface area contributed by atoms with Crippen molar-refractivity contribution < 1.29 is 14.5 Å². The summed E-state index contributed by atoms with van der Waals surface area (Å²) < 4.78 is 0. The predicted octanol–water partition coefficient (Wildman–Crippen LogP) is 3.95. The van der Waals surface area contributed by atoms with E-state index in [9.17, 15) is 19.7 Å². The van der Waals surface area contributed by atoms with E-state index in [-0.39, 0.29) is 22.6 Å². The van der Waals surface area contributed by atoms with Crippen molar-refractivity contribution in [1.82, 2.24) is 20.8 Å². The third kappa shape index (κ3) is 2.93. The molecule has 0 saturated heterocycles. The fourth-order valence-electron chi connectivity index (χ4n) is 5.89. The van der Waals surface area contributed by atoms with Gasteiger partial charge in [0, 0.05) is 23.1 Å². The van der Waals surface area contributed by atoms with Gasteiger partial charge < -0.3 is 0 Å². The predicted molar refractivity (Wildman–Crippen MR) is 130 cm³/mol. The van der Waals surface area contributed by atoms with Crippen LogP contribution >= 0.6 is 0 Å². The Morgan fingerprint density at radius 1 is 0.914 bits per heavy atom. The van der Waals surface area contributed by atoms with Gasteiger partial charge in [0.05, 0.1) is 27.3 Å². The van der Waals surface area contributed by atoms with Gasteiger partial charge >= 0.3 is 0 Å². The molecule has 2 amide bonds. The topological polar surface area (TPSA) is 127 Å². The Bertz CT molecular complexity index is 1430. The molecule has 2 aliphatic carbocycles. The van der Waals surface area contributed by atoms with Crippen LogP contribution in [-0.4, -0.2) is 26.7 Å². The number of nitro benzene ring substituents is 1. The van der Waals surface area contributed by atoms with Gasteiger partial charge in [0.25, 0.3) is 17.5 Å². The van der Waals surface area contributed by atoms with E-state index in [0.29, 0.717) is 12.1 Å². The van der Waals surface area contributed by atoms with Crippen LogP contribution in [0.2, 0.25) is 0 Å². The Balaban J connectivity index is 1.50. The molecule has 2 N–H and O–H groups in total. The second-order valence-corrected chi connectivity index (χ2v) is 10.4. The van der Waals surface area contributed by atoms with Crippen LogP contribution in [0.15, 0.2) is 36.4 Å². The molecule has 1 aromatic heterocycles. The van der Waals surface area contributed by atoms with Crippen molar-refractivity contribution in [1.29, 1.82) is 0 Å². The van der Waals surface area contributed by atoms with E-state index >= 15 is 0 Å². The summed E-state index contributed by atoms with van der Waals surface area (Å²) in [7, 11) is 0. The van der Waals surface area contributed by atoms with E-state index in [4.69, 9.17) is 9.97 Å². The number of rotatable bonds is 3. The van der Waals surface area contributed by atoms with Crippen LogP contribution in [0, 0.1) is 29.4 Å². The molecule has 2 aliphatic rings. The second kappa shape index (κ2) is 7.31. The second-order valence-electron chi connectivity index (χ2n) is 10.4. The molecule has 2 aromatic carbocycles. The van der Waals surface area contributed by atoms with Crippen LogP contribution in [0.4, 0.5) is 5.69 Å². The molecule has 9 heteroatoms. The van der Waals surface area contributed by atoms with Crippen LogP contribution in [0.25, 0.3) is 11.0 Å². The first kappa shape index (κ1) is 22.9. The number of nitrogens with one attached hydrogen (secondary N) is 2. The smallest absolute Gasteiger partial charge is 0.269 e. The largest absolute Gasteiger partial charge is 0.272 e. The third-order valence-corrected chi connectivity index (χ3v) is 8.67. The van der Waals surface area contributed by atoms with Gasteiger partial charge in [0.15, 0.2) is 0 Å². The number of nitrogens with zero attached hydrogens (tertiary/aromatic N) is 3. The fraction of sp³-hybridized carbons (Fsp3) is 0.385. The molecule has 0 spiro atoms. The van der Waals surface area contributed by atoms with Gasteiger partial charge in [-0.1, -0.05) is 20.8 Å². The average Bonchev–Trinajstić information content (AvgIpc) is 3.11. The van der Waals surface area contributed by atoms with Crippen molar-refractivity contribution in [3.8, 4) is 0 Å². The SMILES string of the molecule is Cc1cc2nc3c(nc2cc1C)C1(C(=O)NNC(=O)c2ccc([N+](=O)[O-])cc2)CCC3(C)C1(C)C. The van der Waals surface area contributed by atoms with Crippen molar-refractivity contribution in [2.75, 3.05) is 0 Å². The van der Waals surface area contributed by atoms with Gasteiger partial charge in [0.2, 0.25) is 0 Å². The number of benzene rings is 2. The quantitative estimate of drug-likeness (QED) is 0.438. The summed E-state index contributed by atoms with van der Waals surface area (Å²) in [6.45, 7) is 10.4. The molecular formula is C26H27N5O4. The molecular weight excluding hydrogens is 446 g/mol. The summed E-state index contributed by atoms with van der Waals surface area (Å²) in [6.07, 6.45) is 1.37. The van der Waals surface area contributed by atoms with Crippen molar-refractivity contribution in [3.05, 3.63) is 74.6 Å². The van der Waals surface area contributed by atoms with Crippen LogP contribution in [-0.2, 0) is 15.6 Å². The summed E-state index contributed by atoms with van der Waals surface area (Å²) in [4.78, 5) is 46.8. The molecule has 1 saturated carbocycles. The third-order valence-electron chi connectivity index (χ3n) is 8.67. The number of amides is 2. The first-order chi connectivity index (χ1) is 16.4. The molecule has 0 aliphatic heterocycles. The lowest BCUT2D eigenvalue weighted by Crippen LogP contribution is -2.55. The van der Waals surface area contributed by atoms with Gasteiger partial charge in [-0.3, -0.25) is 30.6 Å². The molecule has 0 radical (unpaired) electrons. The standard InChI is InChI=1S/C26H27N5O4/c1-14-12-18-19(13-15(14)2)28-21-20(27-18)25(5)10-11-26(21,24(25,3)4)23(33)30-29-22(32)16-6-8-17(9-7-16)31(34)35/h6-9,12-13H,10-11H2,1-5H3,(H,29,32)(H,30,33). The molecule has 5 rings (SSSR count). The Morgan fingerprint density at radius 2 is 1.49 bits per heavy atom. The Kier molecular flexibility index (Phi) is 4.78. The van der Waals surface area contributed by atoms with Gasteiger partial charge in [-0.2, -0.15) is 0 Å². The maximum Gasteiger partial charge on any atom is 0.269 e.